The minimum atomic E-state index is -0.251. The zero-order valence-electron chi connectivity index (χ0n) is 7.60. The predicted molar refractivity (Wildman–Crippen MR) is 53.4 cm³/mol. The lowest BCUT2D eigenvalue weighted by atomic mass is 10.2. The molecule has 0 radical (unpaired) electrons. The first-order valence-corrected chi connectivity index (χ1v) is 3.94. The molecule has 5 heteroatoms. The van der Waals surface area contributed by atoms with Crippen molar-refractivity contribution in [2.75, 3.05) is 5.43 Å². The maximum atomic E-state index is 8.54. The van der Waals surface area contributed by atoms with Crippen LogP contribution in [0.5, 0.6) is 0 Å². The van der Waals surface area contributed by atoms with E-state index >= 15 is 0 Å². The molecule has 0 aliphatic heterocycles. The van der Waals surface area contributed by atoms with E-state index in [-0.39, 0.29) is 5.71 Å². The molecule has 1 aromatic rings. The quantitative estimate of drug-likeness (QED) is 0.569. The van der Waals surface area contributed by atoms with Gasteiger partial charge in [-0.15, -0.1) is 0 Å². The summed E-state index contributed by atoms with van der Waals surface area (Å²) in [7, 11) is 0. The Kier molecular flexibility index (Phi) is 3.42. The molecule has 0 fully saturated rings. The first-order chi connectivity index (χ1) is 7.30. The molecule has 0 saturated carbocycles. The highest BCUT2D eigenvalue weighted by molar-refractivity contribution is 6.10. The Hall–Kier alpha value is -2.84. The van der Waals surface area contributed by atoms with E-state index in [4.69, 9.17) is 15.8 Å². The molecule has 0 aliphatic carbocycles. The van der Waals surface area contributed by atoms with Crippen LogP contribution in [0.15, 0.2) is 29.4 Å². The van der Waals surface area contributed by atoms with E-state index in [0.29, 0.717) is 11.3 Å². The van der Waals surface area contributed by atoms with E-state index in [9.17, 15) is 0 Å². The Morgan fingerprint density at radius 3 is 2.13 bits per heavy atom. The van der Waals surface area contributed by atoms with Gasteiger partial charge in [0.2, 0.25) is 5.71 Å². The van der Waals surface area contributed by atoms with Crippen LogP contribution < -0.4 is 5.43 Å². The van der Waals surface area contributed by atoms with Crippen molar-refractivity contribution in [1.82, 2.24) is 0 Å². The summed E-state index contributed by atoms with van der Waals surface area (Å²) in [4.78, 5) is 0. The topological polar surface area (TPSA) is 95.8 Å². The zero-order valence-corrected chi connectivity index (χ0v) is 7.60. The average molecular weight is 195 g/mol. The number of hydrazone groups is 1. The Morgan fingerprint density at radius 1 is 1.07 bits per heavy atom. The first-order valence-electron chi connectivity index (χ1n) is 3.94. The van der Waals surface area contributed by atoms with Gasteiger partial charge >= 0.3 is 0 Å². The van der Waals surface area contributed by atoms with Crippen LogP contribution in [0.2, 0.25) is 0 Å². The molecule has 0 unspecified atom stereocenters. The van der Waals surface area contributed by atoms with E-state index in [0.717, 1.165) is 0 Å². The van der Waals surface area contributed by atoms with Crippen molar-refractivity contribution in [3.63, 3.8) is 0 Å². The van der Waals surface area contributed by atoms with Gasteiger partial charge < -0.3 is 0 Å². The van der Waals surface area contributed by atoms with Crippen LogP contribution in [0.1, 0.15) is 5.56 Å². The molecule has 1 aromatic carbocycles. The van der Waals surface area contributed by atoms with Crippen molar-refractivity contribution >= 4 is 11.4 Å². The summed E-state index contributed by atoms with van der Waals surface area (Å²) in [6.07, 6.45) is 0. The maximum Gasteiger partial charge on any atom is 0.237 e. The summed E-state index contributed by atoms with van der Waals surface area (Å²) in [5, 5.41) is 28.9. The molecular formula is C10H5N5. The van der Waals surface area contributed by atoms with Crippen LogP contribution in [0.3, 0.4) is 0 Å². The third kappa shape index (κ3) is 2.84. The molecule has 0 spiro atoms. The highest BCUT2D eigenvalue weighted by Gasteiger charge is 1.94. The lowest BCUT2D eigenvalue weighted by molar-refractivity contribution is 1.33. The van der Waals surface area contributed by atoms with Gasteiger partial charge in [0.05, 0.1) is 17.3 Å². The van der Waals surface area contributed by atoms with Crippen molar-refractivity contribution < 1.29 is 0 Å². The number of nitrogens with zero attached hydrogens (tertiary/aromatic N) is 4. The molecule has 5 nitrogen and oxygen atoms in total. The van der Waals surface area contributed by atoms with Crippen LogP contribution >= 0.6 is 0 Å². The number of hydrogen-bond acceptors (Lipinski definition) is 5. The lowest BCUT2D eigenvalue weighted by Crippen LogP contribution is -1.96. The van der Waals surface area contributed by atoms with E-state index in [2.05, 4.69) is 10.5 Å². The molecule has 15 heavy (non-hydrogen) atoms. The fraction of sp³-hybridized carbons (Fsp3) is 0. The van der Waals surface area contributed by atoms with Crippen molar-refractivity contribution in [2.45, 2.75) is 0 Å². The third-order valence-electron chi connectivity index (χ3n) is 1.52. The van der Waals surface area contributed by atoms with Gasteiger partial charge in [0, 0.05) is 0 Å². The fourth-order valence-electron chi connectivity index (χ4n) is 0.815. The van der Waals surface area contributed by atoms with Gasteiger partial charge in [-0.2, -0.15) is 20.9 Å². The smallest absolute Gasteiger partial charge is 0.237 e. The standard InChI is InChI=1S/C10H5N5/c11-5-8-1-3-9(4-2-8)14-15-10(6-12)7-13/h1-4,14H. The van der Waals surface area contributed by atoms with E-state index in [1.54, 1.807) is 36.4 Å². The molecule has 0 aromatic heterocycles. The molecule has 0 amide bonds. The molecule has 0 bridgehead atoms. The summed E-state index contributed by atoms with van der Waals surface area (Å²) in [6, 6.07) is 11.7. The van der Waals surface area contributed by atoms with Gasteiger partial charge in [0.25, 0.3) is 0 Å². The minimum absolute atomic E-state index is 0.251. The Balaban J connectivity index is 2.77. The fourth-order valence-corrected chi connectivity index (χ4v) is 0.815. The number of rotatable bonds is 2. The van der Waals surface area contributed by atoms with E-state index in [1.165, 1.54) is 0 Å². The molecular weight excluding hydrogens is 190 g/mol. The molecule has 70 valence electrons. The van der Waals surface area contributed by atoms with E-state index < -0.39 is 0 Å². The number of hydrogen-bond donors (Lipinski definition) is 1. The SMILES string of the molecule is N#CC(C#N)=NNc1ccc(C#N)cc1. The number of nitrogens with one attached hydrogen (secondary N) is 1. The predicted octanol–water partition coefficient (Wildman–Crippen LogP) is 1.37. The van der Waals surface area contributed by atoms with Crippen LogP contribution in [0.4, 0.5) is 5.69 Å². The largest absolute Gasteiger partial charge is 0.277 e. The van der Waals surface area contributed by atoms with Crippen LogP contribution in [-0.4, -0.2) is 5.71 Å². The number of anilines is 1. The molecule has 1 N–H and O–H groups in total. The van der Waals surface area contributed by atoms with Crippen LogP contribution in [-0.2, 0) is 0 Å². The summed E-state index contributed by atoms with van der Waals surface area (Å²) < 4.78 is 0. The second-order valence-corrected chi connectivity index (χ2v) is 2.48. The van der Waals surface area contributed by atoms with Gasteiger partial charge in [-0.25, -0.2) is 0 Å². The van der Waals surface area contributed by atoms with E-state index in [1.807, 2.05) is 6.07 Å². The second-order valence-electron chi connectivity index (χ2n) is 2.48. The maximum absolute atomic E-state index is 8.54. The first kappa shape index (κ1) is 10.2. The zero-order chi connectivity index (χ0) is 11.1. The Morgan fingerprint density at radius 2 is 1.67 bits per heavy atom. The third-order valence-corrected chi connectivity index (χ3v) is 1.52. The second kappa shape index (κ2) is 5.01. The summed E-state index contributed by atoms with van der Waals surface area (Å²) in [6.45, 7) is 0. The van der Waals surface area contributed by atoms with Gasteiger partial charge in [0.1, 0.15) is 12.1 Å². The summed E-state index contributed by atoms with van der Waals surface area (Å²) >= 11 is 0. The monoisotopic (exact) mass is 195 g/mol. The highest BCUT2D eigenvalue weighted by atomic mass is 15.3. The van der Waals surface area contributed by atoms with Gasteiger partial charge in [-0.1, -0.05) is 0 Å². The lowest BCUT2D eigenvalue weighted by Gasteiger charge is -1.98. The summed E-state index contributed by atoms with van der Waals surface area (Å²) in [5.74, 6) is 0. The summed E-state index contributed by atoms with van der Waals surface area (Å²) in [5.41, 5.74) is 3.42. The molecule has 0 saturated heterocycles. The van der Waals surface area contributed by atoms with Crippen molar-refractivity contribution in [2.24, 2.45) is 5.10 Å². The van der Waals surface area contributed by atoms with Gasteiger partial charge in [0.15, 0.2) is 0 Å². The molecule has 1 rings (SSSR count). The average Bonchev–Trinajstić information content (AvgIpc) is 2.31. The van der Waals surface area contributed by atoms with Crippen molar-refractivity contribution in [1.29, 1.82) is 15.8 Å². The Bertz CT molecular complexity index is 477. The molecule has 0 heterocycles. The Labute approximate surface area is 86.5 Å². The normalized spacial score (nSPS) is 7.80. The highest BCUT2D eigenvalue weighted by Crippen LogP contribution is 2.08. The van der Waals surface area contributed by atoms with Crippen LogP contribution in [0.25, 0.3) is 0 Å². The molecule has 0 atom stereocenters. The molecule has 0 aliphatic rings. The van der Waals surface area contributed by atoms with Crippen molar-refractivity contribution in [3.05, 3.63) is 29.8 Å². The number of nitriles is 3. The van der Waals surface area contributed by atoms with Gasteiger partial charge in [-0.05, 0) is 24.3 Å². The van der Waals surface area contributed by atoms with Gasteiger partial charge in [-0.3, -0.25) is 5.43 Å². The number of benzene rings is 1. The minimum Gasteiger partial charge on any atom is -0.277 e. The van der Waals surface area contributed by atoms with Crippen molar-refractivity contribution in [3.8, 4) is 18.2 Å². The van der Waals surface area contributed by atoms with Crippen LogP contribution in [0, 0.1) is 34.0 Å².